The molecule has 0 saturated heterocycles. The first kappa shape index (κ1) is 20.2. The molecule has 4 nitrogen and oxygen atoms in total. The summed E-state index contributed by atoms with van der Waals surface area (Å²) in [5.74, 6) is -0.268. The lowest BCUT2D eigenvalue weighted by molar-refractivity contribution is 0.0953. The number of hydrogen-bond donors (Lipinski definition) is 2. The first-order valence-corrected chi connectivity index (χ1v) is 10.3. The van der Waals surface area contributed by atoms with Crippen molar-refractivity contribution >= 4 is 17.2 Å². The van der Waals surface area contributed by atoms with E-state index in [1.54, 1.807) is 23.5 Å². The topological polar surface area (TPSA) is 54.0 Å². The van der Waals surface area contributed by atoms with Crippen LogP contribution < -0.4 is 10.6 Å². The molecule has 0 saturated carbocycles. The van der Waals surface area contributed by atoms with Crippen molar-refractivity contribution in [2.75, 3.05) is 6.54 Å². The molecule has 28 heavy (non-hydrogen) atoms. The van der Waals surface area contributed by atoms with E-state index in [1.807, 2.05) is 29.6 Å². The van der Waals surface area contributed by atoms with Gasteiger partial charge in [-0.3, -0.25) is 4.79 Å². The molecule has 0 bridgehead atoms. The molecule has 0 spiro atoms. The van der Waals surface area contributed by atoms with Crippen molar-refractivity contribution in [1.82, 2.24) is 15.6 Å². The molecular formula is C22H24FN3OS. The lowest BCUT2D eigenvalue weighted by Gasteiger charge is -2.06. The maximum atomic E-state index is 13.0. The van der Waals surface area contributed by atoms with Crippen LogP contribution in [0.25, 0.3) is 10.6 Å². The van der Waals surface area contributed by atoms with Gasteiger partial charge in [0.25, 0.3) is 5.91 Å². The molecule has 0 aliphatic heterocycles. The van der Waals surface area contributed by atoms with Gasteiger partial charge < -0.3 is 10.6 Å². The van der Waals surface area contributed by atoms with Crippen LogP contribution in [0.15, 0.2) is 53.9 Å². The van der Waals surface area contributed by atoms with Gasteiger partial charge in [-0.05, 0) is 48.4 Å². The molecule has 0 radical (unpaired) electrons. The van der Waals surface area contributed by atoms with Gasteiger partial charge in [0.1, 0.15) is 10.8 Å². The van der Waals surface area contributed by atoms with Crippen molar-refractivity contribution in [1.29, 1.82) is 0 Å². The molecule has 2 aromatic carbocycles. The van der Waals surface area contributed by atoms with E-state index in [0.717, 1.165) is 34.7 Å². The second-order valence-electron chi connectivity index (χ2n) is 6.56. The third kappa shape index (κ3) is 5.71. The Labute approximate surface area is 168 Å². The standard InChI is InChI=1S/C22H24FN3OS/c1-2-3-12-25-21(27)17-6-4-16(5-7-17)13-24-14-20-15-28-22(26-20)18-8-10-19(23)11-9-18/h4-11,15,24H,2-3,12-14H2,1H3,(H,25,27). The number of nitrogens with one attached hydrogen (secondary N) is 2. The molecule has 0 unspecified atom stereocenters. The average Bonchev–Trinajstić information content (AvgIpc) is 3.18. The third-order valence-electron chi connectivity index (χ3n) is 4.31. The van der Waals surface area contributed by atoms with Gasteiger partial charge >= 0.3 is 0 Å². The lowest BCUT2D eigenvalue weighted by atomic mass is 10.1. The van der Waals surface area contributed by atoms with Gasteiger partial charge in [0, 0.05) is 36.1 Å². The zero-order valence-electron chi connectivity index (χ0n) is 15.9. The fourth-order valence-corrected chi connectivity index (χ4v) is 3.53. The molecule has 3 rings (SSSR count). The predicted molar refractivity (Wildman–Crippen MR) is 112 cm³/mol. The van der Waals surface area contributed by atoms with Crippen LogP contribution in [0.3, 0.4) is 0 Å². The van der Waals surface area contributed by atoms with Crippen molar-refractivity contribution in [3.63, 3.8) is 0 Å². The Bertz CT molecular complexity index is 891. The molecule has 6 heteroatoms. The van der Waals surface area contributed by atoms with E-state index in [2.05, 4.69) is 22.5 Å². The number of benzene rings is 2. The van der Waals surface area contributed by atoms with E-state index in [9.17, 15) is 9.18 Å². The number of thiazole rings is 1. The highest BCUT2D eigenvalue weighted by Gasteiger charge is 2.06. The fourth-order valence-electron chi connectivity index (χ4n) is 2.70. The molecule has 146 valence electrons. The van der Waals surface area contributed by atoms with Crippen LogP contribution in [-0.4, -0.2) is 17.4 Å². The Morgan fingerprint density at radius 3 is 2.54 bits per heavy atom. The summed E-state index contributed by atoms with van der Waals surface area (Å²) in [5, 5.41) is 9.18. The minimum Gasteiger partial charge on any atom is -0.352 e. The van der Waals surface area contributed by atoms with Gasteiger partial charge in [-0.1, -0.05) is 25.5 Å². The monoisotopic (exact) mass is 397 g/mol. The summed E-state index contributed by atoms with van der Waals surface area (Å²) in [5.41, 5.74) is 3.67. The Morgan fingerprint density at radius 1 is 1.07 bits per heavy atom. The highest BCUT2D eigenvalue weighted by Crippen LogP contribution is 2.23. The van der Waals surface area contributed by atoms with Gasteiger partial charge in [-0.2, -0.15) is 0 Å². The van der Waals surface area contributed by atoms with E-state index in [4.69, 9.17) is 0 Å². The second-order valence-corrected chi connectivity index (χ2v) is 7.42. The van der Waals surface area contributed by atoms with Crippen molar-refractivity contribution in [3.8, 4) is 10.6 Å². The van der Waals surface area contributed by atoms with Crippen LogP contribution in [0.2, 0.25) is 0 Å². The first-order valence-electron chi connectivity index (χ1n) is 9.44. The normalized spacial score (nSPS) is 10.8. The number of carbonyl (C=O) groups is 1. The Morgan fingerprint density at radius 2 is 1.82 bits per heavy atom. The summed E-state index contributed by atoms with van der Waals surface area (Å²) in [7, 11) is 0. The summed E-state index contributed by atoms with van der Waals surface area (Å²) in [6.07, 6.45) is 2.06. The number of amides is 1. The van der Waals surface area contributed by atoms with Crippen LogP contribution in [0, 0.1) is 5.82 Å². The highest BCUT2D eigenvalue weighted by atomic mass is 32.1. The van der Waals surface area contributed by atoms with E-state index >= 15 is 0 Å². The van der Waals surface area contributed by atoms with Crippen LogP contribution in [0.1, 0.15) is 41.4 Å². The summed E-state index contributed by atoms with van der Waals surface area (Å²) < 4.78 is 13.0. The van der Waals surface area contributed by atoms with Gasteiger partial charge in [-0.15, -0.1) is 11.3 Å². The van der Waals surface area contributed by atoms with Crippen molar-refractivity contribution in [3.05, 3.63) is 76.5 Å². The van der Waals surface area contributed by atoms with Gasteiger partial charge in [0.05, 0.1) is 5.69 Å². The molecule has 3 aromatic rings. The van der Waals surface area contributed by atoms with Gasteiger partial charge in [0.2, 0.25) is 0 Å². The zero-order chi connectivity index (χ0) is 19.8. The first-order chi connectivity index (χ1) is 13.7. The minimum atomic E-state index is -0.244. The number of carbonyl (C=O) groups excluding carboxylic acids is 1. The Hall–Kier alpha value is -2.57. The number of halogens is 1. The van der Waals surface area contributed by atoms with Gasteiger partial charge in [0.15, 0.2) is 0 Å². The molecule has 0 atom stereocenters. The average molecular weight is 398 g/mol. The van der Waals surface area contributed by atoms with Crippen LogP contribution in [-0.2, 0) is 13.1 Å². The second kappa shape index (κ2) is 10.1. The van der Waals surface area contributed by atoms with Gasteiger partial charge in [-0.25, -0.2) is 9.37 Å². The smallest absolute Gasteiger partial charge is 0.251 e. The molecule has 0 aliphatic carbocycles. The summed E-state index contributed by atoms with van der Waals surface area (Å²) in [6, 6.07) is 14.0. The largest absolute Gasteiger partial charge is 0.352 e. The molecule has 1 heterocycles. The van der Waals surface area contributed by atoms with E-state index < -0.39 is 0 Å². The van der Waals surface area contributed by atoms with Crippen molar-refractivity contribution < 1.29 is 9.18 Å². The van der Waals surface area contributed by atoms with Crippen molar-refractivity contribution in [2.24, 2.45) is 0 Å². The zero-order valence-corrected chi connectivity index (χ0v) is 16.7. The van der Waals surface area contributed by atoms with Crippen molar-refractivity contribution in [2.45, 2.75) is 32.9 Å². The lowest BCUT2D eigenvalue weighted by Crippen LogP contribution is -2.24. The SMILES string of the molecule is CCCCNC(=O)c1ccc(CNCc2csc(-c3ccc(F)cc3)n2)cc1. The minimum absolute atomic E-state index is 0.0243. The maximum Gasteiger partial charge on any atom is 0.251 e. The number of unbranched alkanes of at least 4 members (excludes halogenated alkanes) is 1. The molecule has 0 fully saturated rings. The Balaban J connectivity index is 1.47. The highest BCUT2D eigenvalue weighted by molar-refractivity contribution is 7.13. The van der Waals surface area contributed by atoms with E-state index in [-0.39, 0.29) is 11.7 Å². The summed E-state index contributed by atoms with van der Waals surface area (Å²) in [4.78, 5) is 16.6. The van der Waals surface area contributed by atoms with E-state index in [0.29, 0.717) is 25.2 Å². The van der Waals surface area contributed by atoms with Crippen LogP contribution >= 0.6 is 11.3 Å². The molecule has 2 N–H and O–H groups in total. The molecule has 0 aliphatic rings. The number of rotatable bonds is 9. The summed E-state index contributed by atoms with van der Waals surface area (Å²) >= 11 is 1.55. The molecule has 1 aromatic heterocycles. The molecular weight excluding hydrogens is 373 g/mol. The summed E-state index contributed by atoms with van der Waals surface area (Å²) in [6.45, 7) is 4.16. The van der Waals surface area contributed by atoms with Crippen LogP contribution in [0.5, 0.6) is 0 Å². The molecule has 1 amide bonds. The predicted octanol–water partition coefficient (Wildman–Crippen LogP) is 4.77. The quantitative estimate of drug-likeness (QED) is 0.512. The third-order valence-corrected chi connectivity index (χ3v) is 5.25. The number of aromatic nitrogens is 1. The van der Waals surface area contributed by atoms with E-state index in [1.165, 1.54) is 12.1 Å². The Kier molecular flexibility index (Phi) is 7.28. The number of nitrogens with zero attached hydrogens (tertiary/aromatic N) is 1. The van der Waals surface area contributed by atoms with Crippen LogP contribution in [0.4, 0.5) is 4.39 Å². The maximum absolute atomic E-state index is 13.0. The fraction of sp³-hybridized carbons (Fsp3) is 0.273. The number of hydrogen-bond acceptors (Lipinski definition) is 4.